The third-order valence-electron chi connectivity index (χ3n) is 6.16. The molecule has 0 radical (unpaired) electrons. The number of ether oxygens (including phenoxy) is 1. The van der Waals surface area contributed by atoms with Crippen LogP contribution in [-0.4, -0.2) is 34.5 Å². The first-order valence-corrected chi connectivity index (χ1v) is 12.6. The summed E-state index contributed by atoms with van der Waals surface area (Å²) in [5, 5.41) is 21.5. The molecule has 0 saturated heterocycles. The van der Waals surface area contributed by atoms with Gasteiger partial charge < -0.3 is 19.4 Å². The van der Waals surface area contributed by atoms with E-state index in [4.69, 9.17) is 9.15 Å². The topological polar surface area (TPSA) is 117 Å². The van der Waals surface area contributed by atoms with Crippen LogP contribution in [0.2, 0.25) is 0 Å². The Hall–Kier alpha value is -4.37. The van der Waals surface area contributed by atoms with Crippen LogP contribution in [0.3, 0.4) is 0 Å². The molecule has 4 aromatic rings. The van der Waals surface area contributed by atoms with Crippen molar-refractivity contribution in [1.82, 2.24) is 0 Å². The van der Waals surface area contributed by atoms with Crippen LogP contribution in [0.4, 0.5) is 5.69 Å². The molecular weight excluding hydrogens is 554 g/mol. The maximum atomic E-state index is 13.8. The van der Waals surface area contributed by atoms with E-state index in [9.17, 15) is 24.6 Å². The molecular formula is C29H22BrNO7. The summed E-state index contributed by atoms with van der Waals surface area (Å²) in [5.74, 6) is -2.81. The lowest BCUT2D eigenvalue weighted by molar-refractivity contribution is -0.117. The summed E-state index contributed by atoms with van der Waals surface area (Å²) in [5.41, 5.74) is 1.24. The number of aliphatic hydroxyl groups is 1. The van der Waals surface area contributed by atoms with Crippen LogP contribution in [-0.2, 0) is 9.53 Å². The highest BCUT2D eigenvalue weighted by Crippen LogP contribution is 2.43. The van der Waals surface area contributed by atoms with Gasteiger partial charge in [0.05, 0.1) is 23.8 Å². The molecule has 9 heteroatoms. The second-order valence-corrected chi connectivity index (χ2v) is 9.66. The number of benzene rings is 3. The first kappa shape index (κ1) is 25.3. The number of furan rings is 1. The number of hydrogen-bond acceptors (Lipinski definition) is 7. The van der Waals surface area contributed by atoms with Gasteiger partial charge in [-0.3, -0.25) is 14.5 Å². The zero-order valence-corrected chi connectivity index (χ0v) is 21.8. The minimum Gasteiger partial charge on any atom is -0.508 e. The Morgan fingerprint density at radius 1 is 1.03 bits per heavy atom. The molecule has 1 aliphatic rings. The number of Topliss-reactive ketones (excluding diaryl/α,β-unsaturated/α-hetero) is 1. The fraction of sp³-hybridized carbons (Fsp3) is 0.138. The number of anilines is 1. The highest BCUT2D eigenvalue weighted by molar-refractivity contribution is 9.10. The minimum atomic E-state index is -1.06. The van der Waals surface area contributed by atoms with Gasteiger partial charge in [0.1, 0.15) is 11.3 Å². The Kier molecular flexibility index (Phi) is 6.77. The van der Waals surface area contributed by atoms with E-state index in [1.165, 1.54) is 23.1 Å². The molecule has 1 amide bonds. The van der Waals surface area contributed by atoms with Crippen LogP contribution < -0.4 is 4.90 Å². The van der Waals surface area contributed by atoms with E-state index in [1.807, 2.05) is 6.92 Å². The molecule has 38 heavy (non-hydrogen) atoms. The number of halogens is 1. The van der Waals surface area contributed by atoms with Gasteiger partial charge in [-0.25, -0.2) is 4.79 Å². The molecule has 0 spiro atoms. The molecule has 3 aromatic carbocycles. The Morgan fingerprint density at radius 2 is 1.79 bits per heavy atom. The van der Waals surface area contributed by atoms with Gasteiger partial charge in [0.15, 0.2) is 11.5 Å². The molecule has 1 unspecified atom stereocenters. The predicted octanol–water partition coefficient (Wildman–Crippen LogP) is 6.25. The van der Waals surface area contributed by atoms with E-state index in [2.05, 4.69) is 15.9 Å². The van der Waals surface area contributed by atoms with Crippen LogP contribution in [0.5, 0.6) is 5.75 Å². The van der Waals surface area contributed by atoms with Gasteiger partial charge in [0.25, 0.3) is 5.91 Å². The normalized spacial score (nSPS) is 15.4. The van der Waals surface area contributed by atoms with Crippen molar-refractivity contribution in [3.63, 3.8) is 0 Å². The van der Waals surface area contributed by atoms with Gasteiger partial charge in [-0.2, -0.15) is 0 Å². The van der Waals surface area contributed by atoms with E-state index in [1.54, 1.807) is 54.6 Å². The number of aromatic hydroxyl groups is 1. The molecule has 1 atom stereocenters. The van der Waals surface area contributed by atoms with Crippen molar-refractivity contribution in [3.05, 3.63) is 105 Å². The lowest BCUT2D eigenvalue weighted by Crippen LogP contribution is -2.31. The summed E-state index contributed by atoms with van der Waals surface area (Å²) in [7, 11) is 0. The molecule has 1 aliphatic heterocycles. The standard InChI is InChI=1S/C29H22BrNO7/c1-2-12-37-29(36)17-4-3-5-20(14-17)31-25(16-6-9-21(32)10-7-16)24(27(34)28(31)35)26(33)23-15-18-13-19(30)8-11-22(18)38-23/h3-11,13-15,25,32,34H,2,12H2,1H3. The molecule has 0 aliphatic carbocycles. The molecule has 8 nitrogen and oxygen atoms in total. The number of amides is 1. The quantitative estimate of drug-likeness (QED) is 0.197. The average molecular weight is 576 g/mol. The third-order valence-corrected chi connectivity index (χ3v) is 6.65. The van der Waals surface area contributed by atoms with Crippen LogP contribution in [0, 0.1) is 0 Å². The number of aliphatic hydroxyl groups excluding tert-OH is 1. The molecule has 1 aromatic heterocycles. The van der Waals surface area contributed by atoms with Gasteiger partial charge in [-0.05, 0) is 66.6 Å². The van der Waals surface area contributed by atoms with Gasteiger partial charge in [0, 0.05) is 15.5 Å². The Labute approximate surface area is 225 Å². The number of esters is 1. The van der Waals surface area contributed by atoms with Crippen molar-refractivity contribution in [2.75, 3.05) is 11.5 Å². The molecule has 0 saturated carbocycles. The summed E-state index contributed by atoms with van der Waals surface area (Å²) in [6.45, 7) is 2.12. The lowest BCUT2D eigenvalue weighted by Gasteiger charge is -2.27. The van der Waals surface area contributed by atoms with E-state index >= 15 is 0 Å². The third kappa shape index (κ3) is 4.56. The van der Waals surface area contributed by atoms with E-state index in [0.717, 1.165) is 4.47 Å². The highest BCUT2D eigenvalue weighted by atomic mass is 79.9. The number of phenolic OH excluding ortho intramolecular Hbond substituents is 1. The van der Waals surface area contributed by atoms with Gasteiger partial charge >= 0.3 is 5.97 Å². The maximum absolute atomic E-state index is 13.8. The summed E-state index contributed by atoms with van der Waals surface area (Å²) in [4.78, 5) is 40.9. The Bertz CT molecular complexity index is 1600. The van der Waals surface area contributed by atoms with Crippen LogP contribution in [0.25, 0.3) is 11.0 Å². The van der Waals surface area contributed by atoms with Gasteiger partial charge in [-0.1, -0.05) is 41.1 Å². The molecule has 192 valence electrons. The number of rotatable bonds is 7. The highest BCUT2D eigenvalue weighted by Gasteiger charge is 2.45. The SMILES string of the molecule is CCCOC(=O)c1cccc(N2C(=O)C(O)=C(C(=O)c3cc4cc(Br)ccc4o3)C2c2ccc(O)cc2)c1. The molecule has 5 rings (SSSR count). The fourth-order valence-electron chi connectivity index (χ4n) is 4.40. The number of fused-ring (bicyclic) bond motifs is 1. The number of ketones is 1. The van der Waals surface area contributed by atoms with Crippen LogP contribution in [0.15, 0.2) is 93.0 Å². The van der Waals surface area contributed by atoms with Crippen molar-refractivity contribution < 1.29 is 33.8 Å². The number of carbonyl (C=O) groups excluding carboxylic acids is 3. The van der Waals surface area contributed by atoms with Crippen LogP contribution >= 0.6 is 15.9 Å². The number of phenols is 1. The van der Waals surface area contributed by atoms with Gasteiger partial charge in [-0.15, -0.1) is 0 Å². The summed E-state index contributed by atoms with van der Waals surface area (Å²) in [6.07, 6.45) is 0.654. The second kappa shape index (κ2) is 10.2. The summed E-state index contributed by atoms with van der Waals surface area (Å²) >= 11 is 3.39. The first-order valence-electron chi connectivity index (χ1n) is 11.8. The zero-order valence-electron chi connectivity index (χ0n) is 20.2. The molecule has 2 heterocycles. The monoisotopic (exact) mass is 575 g/mol. The van der Waals surface area contributed by atoms with Crippen molar-refractivity contribution in [1.29, 1.82) is 0 Å². The number of hydrogen-bond donors (Lipinski definition) is 2. The molecule has 0 fully saturated rings. The summed E-state index contributed by atoms with van der Waals surface area (Å²) in [6, 6.07) is 17.9. The van der Waals surface area contributed by atoms with Crippen molar-refractivity contribution in [2.45, 2.75) is 19.4 Å². The maximum Gasteiger partial charge on any atom is 0.338 e. The number of carbonyl (C=O) groups is 3. The van der Waals surface area contributed by atoms with E-state index in [0.29, 0.717) is 23.0 Å². The Morgan fingerprint density at radius 3 is 2.53 bits per heavy atom. The minimum absolute atomic E-state index is 0.00534. The van der Waals surface area contributed by atoms with Crippen LogP contribution in [0.1, 0.15) is 45.9 Å². The molecule has 2 N–H and O–H groups in total. The zero-order chi connectivity index (χ0) is 27.0. The summed E-state index contributed by atoms with van der Waals surface area (Å²) < 4.78 is 11.8. The smallest absolute Gasteiger partial charge is 0.338 e. The van der Waals surface area contributed by atoms with E-state index in [-0.39, 0.29) is 34.9 Å². The van der Waals surface area contributed by atoms with Gasteiger partial charge in [0.2, 0.25) is 5.78 Å². The first-order chi connectivity index (χ1) is 18.3. The van der Waals surface area contributed by atoms with Crippen molar-refractivity contribution in [3.8, 4) is 5.75 Å². The molecule has 0 bridgehead atoms. The predicted molar refractivity (Wildman–Crippen MR) is 143 cm³/mol. The van der Waals surface area contributed by atoms with Crippen molar-refractivity contribution >= 4 is 50.2 Å². The average Bonchev–Trinajstić information content (AvgIpc) is 3.45. The fourth-order valence-corrected chi connectivity index (χ4v) is 4.77. The van der Waals surface area contributed by atoms with Crippen molar-refractivity contribution in [2.24, 2.45) is 0 Å². The lowest BCUT2D eigenvalue weighted by atomic mass is 9.94. The Balaban J connectivity index is 1.61. The largest absolute Gasteiger partial charge is 0.508 e. The van der Waals surface area contributed by atoms with E-state index < -0.39 is 29.5 Å². The number of nitrogens with zero attached hydrogens (tertiary/aromatic N) is 1. The second-order valence-electron chi connectivity index (χ2n) is 8.74.